The van der Waals surface area contributed by atoms with Gasteiger partial charge in [0.2, 0.25) is 0 Å². The van der Waals surface area contributed by atoms with E-state index >= 15 is 0 Å². The van der Waals surface area contributed by atoms with Crippen LogP contribution in [-0.2, 0) is 0 Å². The van der Waals surface area contributed by atoms with Crippen LogP contribution in [0.2, 0.25) is 0 Å². The molecule has 5 aromatic rings. The Morgan fingerprint density at radius 1 is 0.510 bits per heavy atom. The van der Waals surface area contributed by atoms with Gasteiger partial charge in [0, 0.05) is 65.3 Å². The third-order valence-electron chi connectivity index (χ3n) is 9.20. The monoisotopic (exact) mass is 661 g/mol. The number of fused-ring (bicyclic) bond motifs is 5. The molecule has 4 aromatic heterocycles. The molecule has 8 heterocycles. The molecule has 0 saturated heterocycles. The Balaban J connectivity index is 1.34. The first kappa shape index (κ1) is 30.0. The molecule has 4 aliphatic heterocycles. The lowest BCUT2D eigenvalue weighted by Gasteiger charge is -2.16. The zero-order chi connectivity index (χ0) is 34.3. The van der Waals surface area contributed by atoms with Crippen LogP contribution in [-0.4, -0.2) is 48.1 Å². The minimum atomic E-state index is -0.983. The van der Waals surface area contributed by atoms with Gasteiger partial charge in [0.15, 0.2) is 0 Å². The summed E-state index contributed by atoms with van der Waals surface area (Å²) in [6.45, 7) is 0. The molecule has 0 radical (unpaired) electrons. The molecular weight excluding hydrogens is 635 g/mol. The molecule has 1 unspecified atom stereocenters. The average Bonchev–Trinajstić information content (AvgIpc) is 4.01. The Kier molecular flexibility index (Phi) is 7.28. The lowest BCUT2D eigenvalue weighted by Crippen LogP contribution is -2.18. The number of aromatic carboxylic acids is 1. The fraction of sp³-hybridized carbons (Fsp3) is 0.0238. The third kappa shape index (κ3) is 5.43. The van der Waals surface area contributed by atoms with Crippen molar-refractivity contribution >= 4 is 39.8 Å². The molecule has 9 rings (SSSR count). The number of pyridine rings is 3. The number of carboxylic acids is 1. The number of carbonyl (C=O) groups is 1. The molecule has 242 valence electrons. The number of allylic oxidation sites excluding steroid dienone is 7. The highest BCUT2D eigenvalue weighted by molar-refractivity contribution is 6.33. The van der Waals surface area contributed by atoms with Crippen LogP contribution in [0, 0.1) is 0 Å². The summed E-state index contributed by atoms with van der Waals surface area (Å²) in [5, 5.41) is 9.62. The molecule has 0 amide bonds. The quantitative estimate of drug-likeness (QED) is 0.200. The molecule has 9 heteroatoms. The van der Waals surface area contributed by atoms with Gasteiger partial charge < -0.3 is 10.1 Å². The van der Waals surface area contributed by atoms with Crippen molar-refractivity contribution in [1.29, 1.82) is 0 Å². The van der Waals surface area contributed by atoms with E-state index < -0.39 is 5.97 Å². The van der Waals surface area contributed by atoms with Crippen molar-refractivity contribution in [3.63, 3.8) is 0 Å². The lowest BCUT2D eigenvalue weighted by molar-refractivity contribution is 0.0697. The van der Waals surface area contributed by atoms with Crippen LogP contribution in [0.5, 0.6) is 0 Å². The number of H-pyrrole nitrogens is 1. The van der Waals surface area contributed by atoms with E-state index in [0.717, 1.165) is 84.6 Å². The van der Waals surface area contributed by atoms with E-state index in [2.05, 4.69) is 38.2 Å². The molecule has 51 heavy (non-hydrogen) atoms. The fourth-order valence-electron chi connectivity index (χ4n) is 6.86. The lowest BCUT2D eigenvalue weighted by atomic mass is 9.90. The van der Waals surface area contributed by atoms with Gasteiger partial charge in [0.1, 0.15) is 0 Å². The van der Waals surface area contributed by atoms with E-state index in [1.807, 2.05) is 78.9 Å². The molecule has 8 bridgehead atoms. The second kappa shape index (κ2) is 12.4. The third-order valence-corrected chi connectivity index (χ3v) is 9.20. The van der Waals surface area contributed by atoms with E-state index in [1.165, 1.54) is 0 Å². The fourth-order valence-corrected chi connectivity index (χ4v) is 6.86. The zero-order valence-electron chi connectivity index (χ0n) is 27.0. The Hall–Kier alpha value is -7.13. The van der Waals surface area contributed by atoms with Crippen molar-refractivity contribution in [2.45, 2.75) is 5.92 Å². The summed E-state index contributed by atoms with van der Waals surface area (Å²) in [7, 11) is 0. The Morgan fingerprint density at radius 2 is 0.980 bits per heavy atom. The largest absolute Gasteiger partial charge is 0.478 e. The molecule has 1 aromatic carbocycles. The average molecular weight is 662 g/mol. The zero-order valence-corrected chi connectivity index (χ0v) is 27.0. The minimum Gasteiger partial charge on any atom is -0.478 e. The first-order valence-corrected chi connectivity index (χ1v) is 16.4. The van der Waals surface area contributed by atoms with Gasteiger partial charge in [-0.05, 0) is 119 Å². The van der Waals surface area contributed by atoms with Gasteiger partial charge in [-0.3, -0.25) is 24.9 Å². The summed E-state index contributed by atoms with van der Waals surface area (Å²) in [6, 6.07) is 22.9. The number of aromatic nitrogens is 4. The van der Waals surface area contributed by atoms with Crippen molar-refractivity contribution in [3.8, 4) is 0 Å². The molecule has 0 saturated carbocycles. The van der Waals surface area contributed by atoms with Crippen LogP contribution in [0.4, 0.5) is 0 Å². The summed E-state index contributed by atoms with van der Waals surface area (Å²) in [5.41, 5.74) is 13.0. The van der Waals surface area contributed by atoms with E-state index in [9.17, 15) is 9.90 Å². The molecule has 4 aliphatic rings. The number of hydrogen-bond acceptors (Lipinski definition) is 7. The smallest absolute Gasteiger partial charge is 0.335 e. The van der Waals surface area contributed by atoms with Crippen molar-refractivity contribution in [1.82, 2.24) is 19.9 Å². The topological polar surface area (TPSA) is 129 Å². The van der Waals surface area contributed by atoms with Gasteiger partial charge in [-0.25, -0.2) is 9.79 Å². The summed E-state index contributed by atoms with van der Waals surface area (Å²) in [5.74, 6) is -1.24. The SMILES string of the molecule is O=C(O)c1ccc(/C2=C3\C=CC(=N3)/C(c3ccncc3)=C3/C=CC(=N3)C(c3ccncc3)C3=N/C(=C(/c4ccncc4)c4ccc2[nH]4)C=C3)cc1. The van der Waals surface area contributed by atoms with Gasteiger partial charge >= 0.3 is 5.97 Å². The number of nitrogens with one attached hydrogen (secondary N) is 1. The summed E-state index contributed by atoms with van der Waals surface area (Å²) >= 11 is 0. The van der Waals surface area contributed by atoms with E-state index in [1.54, 1.807) is 49.3 Å². The maximum absolute atomic E-state index is 11.7. The van der Waals surface area contributed by atoms with Crippen LogP contribution in [0.3, 0.4) is 0 Å². The number of rotatable bonds is 5. The van der Waals surface area contributed by atoms with Crippen molar-refractivity contribution in [2.24, 2.45) is 15.0 Å². The highest BCUT2D eigenvalue weighted by Gasteiger charge is 2.29. The predicted molar refractivity (Wildman–Crippen MR) is 198 cm³/mol. The minimum absolute atomic E-state index is 0.207. The Labute approximate surface area is 292 Å². The van der Waals surface area contributed by atoms with E-state index in [-0.39, 0.29) is 11.5 Å². The molecule has 1 atom stereocenters. The van der Waals surface area contributed by atoms with Gasteiger partial charge in [-0.15, -0.1) is 0 Å². The normalized spacial score (nSPS) is 21.9. The molecule has 0 aliphatic carbocycles. The number of aliphatic imine (C=N–C) groups is 3. The second-order valence-electron chi connectivity index (χ2n) is 12.2. The van der Waals surface area contributed by atoms with Crippen molar-refractivity contribution < 1.29 is 9.90 Å². The standard InChI is InChI=1S/C42H27N7O2/c50-42(51)29-3-1-25(2-4-29)38-30-5-7-32(46-30)39(26-13-19-43-20-14-26)34-9-11-36(48-34)41(28-17-23-45-24-18-28)37-12-10-35(49-37)40(27-15-21-44-22-16-27)33-8-6-31(38)47-33/h1-24,41,46H,(H,50,51)/b38-31-,39-34-,40-35-. The van der Waals surface area contributed by atoms with E-state index in [0.29, 0.717) is 0 Å². The van der Waals surface area contributed by atoms with Gasteiger partial charge in [0.05, 0.1) is 45.7 Å². The summed E-state index contributed by atoms with van der Waals surface area (Å²) < 4.78 is 0. The maximum atomic E-state index is 11.7. The van der Waals surface area contributed by atoms with Gasteiger partial charge in [-0.2, -0.15) is 0 Å². The van der Waals surface area contributed by atoms with Crippen molar-refractivity contribution in [2.75, 3.05) is 0 Å². The van der Waals surface area contributed by atoms with E-state index in [4.69, 9.17) is 15.0 Å². The van der Waals surface area contributed by atoms with Crippen LogP contribution in [0.15, 0.2) is 179 Å². The summed E-state index contributed by atoms with van der Waals surface area (Å²) in [6.07, 6.45) is 22.9. The second-order valence-corrected chi connectivity index (χ2v) is 12.2. The van der Waals surface area contributed by atoms with Gasteiger partial charge in [0.25, 0.3) is 0 Å². The number of hydrogen-bond donors (Lipinski definition) is 2. The molecule has 2 N–H and O–H groups in total. The van der Waals surface area contributed by atoms with Crippen LogP contribution < -0.4 is 0 Å². The van der Waals surface area contributed by atoms with Crippen LogP contribution >= 0.6 is 0 Å². The Morgan fingerprint density at radius 3 is 1.55 bits per heavy atom. The number of benzene rings is 1. The molecule has 0 spiro atoms. The Bertz CT molecular complexity index is 2510. The highest BCUT2D eigenvalue weighted by atomic mass is 16.4. The van der Waals surface area contributed by atoms with Crippen molar-refractivity contribution in [3.05, 3.63) is 203 Å². The molecule has 0 fully saturated rings. The van der Waals surface area contributed by atoms with Crippen LogP contribution in [0.25, 0.3) is 16.7 Å². The molecule has 9 nitrogen and oxygen atoms in total. The van der Waals surface area contributed by atoms with Crippen LogP contribution in [0.1, 0.15) is 49.9 Å². The number of carboxylic acid groups (broad SMARTS) is 1. The predicted octanol–water partition coefficient (Wildman–Crippen LogP) is 7.66. The highest BCUT2D eigenvalue weighted by Crippen LogP contribution is 2.39. The first-order chi connectivity index (χ1) is 25.1. The first-order valence-electron chi connectivity index (χ1n) is 16.4. The summed E-state index contributed by atoms with van der Waals surface area (Å²) in [4.78, 5) is 44.1. The maximum Gasteiger partial charge on any atom is 0.335 e. The number of nitrogens with zero attached hydrogens (tertiary/aromatic N) is 6. The number of aromatic amines is 1. The molecular formula is C42H27N7O2. The van der Waals surface area contributed by atoms with Gasteiger partial charge in [-0.1, -0.05) is 12.1 Å².